The molecule has 1 aromatic rings. The smallest absolute Gasteiger partial charge is 0.290 e. The van der Waals surface area contributed by atoms with Gasteiger partial charge in [-0.1, -0.05) is 18.7 Å². The highest BCUT2D eigenvalue weighted by atomic mass is 79.9. The summed E-state index contributed by atoms with van der Waals surface area (Å²) in [4.78, 5) is 22.8. The van der Waals surface area contributed by atoms with Gasteiger partial charge in [-0.3, -0.25) is 14.9 Å². The van der Waals surface area contributed by atoms with Crippen molar-refractivity contribution in [2.45, 2.75) is 0 Å². The normalized spacial score (nSPS) is 16.6. The fourth-order valence-corrected chi connectivity index (χ4v) is 2.64. The summed E-state index contributed by atoms with van der Waals surface area (Å²) in [6, 6.07) is 5.42. The second kappa shape index (κ2) is 6.08. The minimum Gasteiger partial charge on any atom is -0.488 e. The Kier molecular flexibility index (Phi) is 4.44. The number of benzene rings is 1. The van der Waals surface area contributed by atoms with Crippen molar-refractivity contribution in [3.63, 3.8) is 0 Å². The molecule has 1 aromatic carbocycles. The highest BCUT2D eigenvalue weighted by molar-refractivity contribution is 9.10. The molecule has 0 unspecified atom stereocenters. The van der Waals surface area contributed by atoms with E-state index in [0.717, 1.165) is 21.8 Å². The number of amides is 2. The van der Waals surface area contributed by atoms with E-state index in [2.05, 4.69) is 27.8 Å². The van der Waals surface area contributed by atoms with Crippen molar-refractivity contribution in [1.82, 2.24) is 5.32 Å². The van der Waals surface area contributed by atoms with E-state index in [1.165, 1.54) is 0 Å². The van der Waals surface area contributed by atoms with Gasteiger partial charge in [0.05, 0.1) is 9.38 Å². The van der Waals surface area contributed by atoms with Crippen molar-refractivity contribution in [3.05, 3.63) is 45.8 Å². The molecule has 1 N–H and O–H groups in total. The first-order chi connectivity index (χ1) is 9.10. The van der Waals surface area contributed by atoms with Gasteiger partial charge >= 0.3 is 0 Å². The van der Waals surface area contributed by atoms with E-state index in [1.807, 2.05) is 12.1 Å². The van der Waals surface area contributed by atoms with Crippen LogP contribution < -0.4 is 10.1 Å². The molecular formula is C13H10BrNO3S. The first-order valence-corrected chi connectivity index (χ1v) is 6.99. The van der Waals surface area contributed by atoms with Gasteiger partial charge in [-0.05, 0) is 51.5 Å². The molecule has 0 spiro atoms. The lowest BCUT2D eigenvalue weighted by Gasteiger charge is -2.06. The summed E-state index contributed by atoms with van der Waals surface area (Å²) in [7, 11) is 0. The van der Waals surface area contributed by atoms with E-state index in [-0.39, 0.29) is 11.1 Å². The van der Waals surface area contributed by atoms with E-state index in [9.17, 15) is 9.59 Å². The number of hydrogen-bond donors (Lipinski definition) is 1. The Hall–Kier alpha value is -1.53. The van der Waals surface area contributed by atoms with Crippen LogP contribution in [0, 0.1) is 0 Å². The van der Waals surface area contributed by atoms with Crippen LogP contribution in [0.25, 0.3) is 6.08 Å². The molecule has 2 rings (SSSR count). The van der Waals surface area contributed by atoms with Crippen LogP contribution in [0.4, 0.5) is 4.79 Å². The average Bonchev–Trinajstić information content (AvgIpc) is 2.67. The SMILES string of the molecule is C=CCOc1ccc(/C=C2/SC(=O)NC2=O)cc1Br. The molecule has 19 heavy (non-hydrogen) atoms. The zero-order valence-corrected chi connectivity index (χ0v) is 12.2. The second-order valence-electron chi connectivity index (χ2n) is 3.64. The first-order valence-electron chi connectivity index (χ1n) is 5.38. The highest BCUT2D eigenvalue weighted by Gasteiger charge is 2.24. The van der Waals surface area contributed by atoms with E-state index in [0.29, 0.717) is 17.3 Å². The molecule has 4 nitrogen and oxygen atoms in total. The summed E-state index contributed by atoms with van der Waals surface area (Å²) in [6.45, 7) is 4.00. The van der Waals surface area contributed by atoms with Gasteiger partial charge in [0.15, 0.2) is 0 Å². The summed E-state index contributed by atoms with van der Waals surface area (Å²) >= 11 is 4.28. The van der Waals surface area contributed by atoms with Gasteiger partial charge in [-0.15, -0.1) is 0 Å². The van der Waals surface area contributed by atoms with Crippen LogP contribution >= 0.6 is 27.7 Å². The molecule has 98 valence electrons. The van der Waals surface area contributed by atoms with Crippen molar-refractivity contribution in [1.29, 1.82) is 0 Å². The second-order valence-corrected chi connectivity index (χ2v) is 5.51. The maximum Gasteiger partial charge on any atom is 0.290 e. The predicted octanol–water partition coefficient (Wildman–Crippen LogP) is 3.34. The van der Waals surface area contributed by atoms with Crippen LogP contribution in [0.2, 0.25) is 0 Å². The molecule has 0 radical (unpaired) electrons. The topological polar surface area (TPSA) is 55.4 Å². The molecule has 2 amide bonds. The molecule has 0 aromatic heterocycles. The van der Waals surface area contributed by atoms with E-state index >= 15 is 0 Å². The summed E-state index contributed by atoms with van der Waals surface area (Å²) in [5, 5.41) is 1.86. The van der Waals surface area contributed by atoms with Crippen molar-refractivity contribution in [2.75, 3.05) is 6.61 Å². The van der Waals surface area contributed by atoms with Gasteiger partial charge in [0.2, 0.25) is 0 Å². The molecule has 1 saturated heterocycles. The van der Waals surface area contributed by atoms with Gasteiger partial charge in [-0.25, -0.2) is 0 Å². The lowest BCUT2D eigenvalue weighted by molar-refractivity contribution is -0.115. The van der Waals surface area contributed by atoms with E-state index in [1.54, 1.807) is 18.2 Å². The third kappa shape index (κ3) is 3.48. The average molecular weight is 340 g/mol. The molecule has 0 saturated carbocycles. The molecule has 0 atom stereocenters. The number of rotatable bonds is 4. The Morgan fingerprint density at radius 1 is 1.42 bits per heavy atom. The third-order valence-corrected chi connectivity index (χ3v) is 3.68. The standard InChI is InChI=1S/C13H10BrNO3S/c1-2-5-18-10-4-3-8(6-9(10)14)7-11-12(16)15-13(17)19-11/h2-4,6-7H,1,5H2,(H,15,16,17)/b11-7+. The van der Waals surface area contributed by atoms with Crippen LogP contribution in [0.1, 0.15) is 5.56 Å². The maximum atomic E-state index is 11.4. The fourth-order valence-electron chi connectivity index (χ4n) is 1.45. The summed E-state index contributed by atoms with van der Waals surface area (Å²) in [5.74, 6) is 0.333. The summed E-state index contributed by atoms with van der Waals surface area (Å²) < 4.78 is 6.20. The highest BCUT2D eigenvalue weighted by Crippen LogP contribution is 2.30. The van der Waals surface area contributed by atoms with Gasteiger partial charge in [0.1, 0.15) is 12.4 Å². The molecule has 0 bridgehead atoms. The quantitative estimate of drug-likeness (QED) is 0.675. The number of halogens is 1. The van der Waals surface area contributed by atoms with Gasteiger partial charge < -0.3 is 4.74 Å². The molecule has 1 aliphatic heterocycles. The largest absolute Gasteiger partial charge is 0.488 e. The molecule has 1 heterocycles. The first kappa shape index (κ1) is 13.9. The van der Waals surface area contributed by atoms with Crippen molar-refractivity contribution >= 4 is 44.9 Å². The van der Waals surface area contributed by atoms with Gasteiger partial charge in [0, 0.05) is 0 Å². The fraction of sp³-hybridized carbons (Fsp3) is 0.0769. The molecule has 0 aliphatic carbocycles. The maximum absolute atomic E-state index is 11.4. The zero-order chi connectivity index (χ0) is 13.8. The number of carbonyl (C=O) groups is 2. The zero-order valence-electron chi connectivity index (χ0n) is 9.81. The third-order valence-electron chi connectivity index (χ3n) is 2.25. The van der Waals surface area contributed by atoms with Crippen LogP contribution in [0.15, 0.2) is 40.2 Å². The summed E-state index contributed by atoms with van der Waals surface area (Å²) in [6.07, 6.45) is 3.32. The van der Waals surface area contributed by atoms with E-state index < -0.39 is 0 Å². The number of imide groups is 1. The van der Waals surface area contributed by atoms with Crippen molar-refractivity contribution < 1.29 is 14.3 Å². The van der Waals surface area contributed by atoms with Crippen LogP contribution in [0.5, 0.6) is 5.75 Å². The Morgan fingerprint density at radius 3 is 2.79 bits per heavy atom. The molecule has 6 heteroatoms. The Bertz CT molecular complexity index is 583. The number of nitrogens with one attached hydrogen (secondary N) is 1. The lowest BCUT2D eigenvalue weighted by atomic mass is 10.2. The van der Waals surface area contributed by atoms with Crippen LogP contribution in [0.3, 0.4) is 0 Å². The Morgan fingerprint density at radius 2 is 2.21 bits per heavy atom. The minimum absolute atomic E-state index is 0.346. The van der Waals surface area contributed by atoms with Crippen molar-refractivity contribution in [3.8, 4) is 5.75 Å². The molecule has 1 aliphatic rings. The number of carbonyl (C=O) groups excluding carboxylic acids is 2. The number of thioether (sulfide) groups is 1. The monoisotopic (exact) mass is 339 g/mol. The van der Waals surface area contributed by atoms with Gasteiger partial charge in [-0.2, -0.15) is 0 Å². The molecular weight excluding hydrogens is 330 g/mol. The number of ether oxygens (including phenoxy) is 1. The summed E-state index contributed by atoms with van der Waals surface area (Å²) in [5.41, 5.74) is 0.810. The van der Waals surface area contributed by atoms with Crippen molar-refractivity contribution in [2.24, 2.45) is 0 Å². The van der Waals surface area contributed by atoms with Crippen LogP contribution in [-0.2, 0) is 4.79 Å². The van der Waals surface area contributed by atoms with Gasteiger partial charge in [0.25, 0.3) is 11.1 Å². The van der Waals surface area contributed by atoms with Crippen LogP contribution in [-0.4, -0.2) is 17.8 Å². The molecule has 1 fully saturated rings. The Labute approximate surface area is 123 Å². The predicted molar refractivity (Wildman–Crippen MR) is 78.9 cm³/mol. The minimum atomic E-state index is -0.363. The number of hydrogen-bond acceptors (Lipinski definition) is 4. The van der Waals surface area contributed by atoms with E-state index in [4.69, 9.17) is 4.74 Å². The Balaban J connectivity index is 2.20. The lowest BCUT2D eigenvalue weighted by Crippen LogP contribution is -2.17.